The maximum absolute atomic E-state index is 12.2. The summed E-state index contributed by atoms with van der Waals surface area (Å²) < 4.78 is 0. The van der Waals surface area contributed by atoms with Crippen LogP contribution < -0.4 is 15.5 Å². The number of hydrogen-bond acceptors (Lipinski definition) is 9. The van der Waals surface area contributed by atoms with Crippen LogP contribution in [0, 0.1) is 0 Å². The number of carbonyl (C=O) groups excluding carboxylic acids is 1. The first-order chi connectivity index (χ1) is 17.6. The molecule has 1 unspecified atom stereocenters. The molecule has 3 N–H and O–H groups in total. The van der Waals surface area contributed by atoms with Crippen LogP contribution in [0.1, 0.15) is 28.8 Å². The predicted molar refractivity (Wildman–Crippen MR) is 138 cm³/mol. The number of nitrogens with one attached hydrogen (secondary N) is 2. The third-order valence-corrected chi connectivity index (χ3v) is 6.31. The number of benzene rings is 1. The Bertz CT molecular complexity index is 1360. The van der Waals surface area contributed by atoms with E-state index in [1.807, 2.05) is 29.2 Å². The highest BCUT2D eigenvalue weighted by Crippen LogP contribution is 2.22. The number of amides is 1. The molecule has 4 heterocycles. The van der Waals surface area contributed by atoms with Gasteiger partial charge in [-0.2, -0.15) is 0 Å². The molecule has 1 fully saturated rings. The fraction of sp³-hybridized carbons (Fsp3) is 0.308. The van der Waals surface area contributed by atoms with Crippen LogP contribution in [0.2, 0.25) is 0 Å². The van der Waals surface area contributed by atoms with Crippen molar-refractivity contribution in [3.63, 3.8) is 0 Å². The third-order valence-electron chi connectivity index (χ3n) is 6.31. The van der Waals surface area contributed by atoms with Crippen molar-refractivity contribution in [1.82, 2.24) is 30.2 Å². The van der Waals surface area contributed by atoms with Crippen LogP contribution in [0.3, 0.4) is 0 Å². The summed E-state index contributed by atoms with van der Waals surface area (Å²) in [6, 6.07) is 9.49. The molecule has 36 heavy (non-hydrogen) atoms. The van der Waals surface area contributed by atoms with Gasteiger partial charge in [0.1, 0.15) is 12.1 Å². The largest absolute Gasteiger partial charge is 0.391 e. The molecule has 1 atom stereocenters. The zero-order chi connectivity index (χ0) is 24.9. The average Bonchev–Trinajstić information content (AvgIpc) is 2.93. The van der Waals surface area contributed by atoms with Gasteiger partial charge in [0.2, 0.25) is 5.95 Å². The van der Waals surface area contributed by atoms with E-state index >= 15 is 0 Å². The zero-order valence-corrected chi connectivity index (χ0v) is 20.1. The van der Waals surface area contributed by atoms with Crippen LogP contribution in [0.25, 0.3) is 22.2 Å². The Balaban J connectivity index is 1.26. The average molecular weight is 485 g/mol. The summed E-state index contributed by atoms with van der Waals surface area (Å²) in [7, 11) is 1.62. The van der Waals surface area contributed by atoms with Crippen molar-refractivity contribution in [3.05, 3.63) is 66.4 Å². The van der Waals surface area contributed by atoms with Crippen LogP contribution in [0.4, 0.5) is 11.8 Å². The second kappa shape index (κ2) is 10.6. The van der Waals surface area contributed by atoms with Gasteiger partial charge in [-0.3, -0.25) is 9.78 Å². The van der Waals surface area contributed by atoms with Gasteiger partial charge in [-0.25, -0.2) is 19.9 Å². The molecule has 5 rings (SSSR count). The first-order valence-corrected chi connectivity index (χ1v) is 12.0. The Labute approximate surface area is 208 Å². The van der Waals surface area contributed by atoms with E-state index in [2.05, 4.69) is 35.6 Å². The summed E-state index contributed by atoms with van der Waals surface area (Å²) in [6.45, 7) is 2.03. The second-order valence-electron chi connectivity index (χ2n) is 8.73. The summed E-state index contributed by atoms with van der Waals surface area (Å²) in [5.41, 5.74) is 4.00. The number of aliphatic hydroxyl groups is 1. The third kappa shape index (κ3) is 5.08. The van der Waals surface area contributed by atoms with Crippen molar-refractivity contribution in [3.8, 4) is 11.3 Å². The van der Waals surface area contributed by atoms with E-state index in [0.29, 0.717) is 36.8 Å². The number of aliphatic hydroxyl groups excluding tert-OH is 1. The Kier molecular flexibility index (Phi) is 6.94. The van der Waals surface area contributed by atoms with E-state index in [9.17, 15) is 9.90 Å². The highest BCUT2D eigenvalue weighted by atomic mass is 16.3. The lowest BCUT2D eigenvalue weighted by Gasteiger charge is -2.29. The Morgan fingerprint density at radius 3 is 2.81 bits per heavy atom. The number of fused-ring (bicyclic) bond motifs is 1. The van der Waals surface area contributed by atoms with Crippen LogP contribution in [-0.4, -0.2) is 68.7 Å². The molecule has 10 heteroatoms. The molecule has 0 radical (unpaired) electrons. The van der Waals surface area contributed by atoms with Gasteiger partial charge < -0.3 is 20.6 Å². The van der Waals surface area contributed by atoms with Gasteiger partial charge in [0.05, 0.1) is 22.9 Å². The minimum Gasteiger partial charge on any atom is -0.391 e. The molecule has 10 nitrogen and oxygen atoms in total. The number of hydrogen-bond donors (Lipinski definition) is 3. The maximum Gasteiger partial charge on any atom is 0.251 e. The van der Waals surface area contributed by atoms with Gasteiger partial charge in [0, 0.05) is 62.3 Å². The van der Waals surface area contributed by atoms with E-state index in [1.54, 1.807) is 31.7 Å². The Morgan fingerprint density at radius 1 is 1.14 bits per heavy atom. The molecule has 3 aromatic heterocycles. The molecule has 4 aromatic rings. The van der Waals surface area contributed by atoms with E-state index < -0.39 is 0 Å². The van der Waals surface area contributed by atoms with E-state index in [0.717, 1.165) is 47.1 Å². The first-order valence-electron chi connectivity index (χ1n) is 12.0. The van der Waals surface area contributed by atoms with Crippen molar-refractivity contribution in [2.24, 2.45) is 0 Å². The topological polar surface area (TPSA) is 129 Å². The minimum atomic E-state index is -0.333. The second-order valence-corrected chi connectivity index (χ2v) is 8.73. The Hall–Kier alpha value is -4.18. The SMILES string of the molecule is CNC(=O)c1ccnc2c(CCNc3cc(-c4cnc(N5CCCC(O)C5)nc4)ncn3)cccc12. The number of para-hydroxylation sites is 1. The molecule has 0 saturated carbocycles. The number of pyridine rings is 1. The van der Waals surface area contributed by atoms with Gasteiger partial charge >= 0.3 is 0 Å². The number of rotatable bonds is 7. The van der Waals surface area contributed by atoms with Crippen molar-refractivity contribution < 1.29 is 9.90 Å². The molecular weight excluding hydrogens is 456 g/mol. The quantitative estimate of drug-likeness (QED) is 0.362. The van der Waals surface area contributed by atoms with Crippen LogP contribution >= 0.6 is 0 Å². The number of anilines is 2. The van der Waals surface area contributed by atoms with Crippen LogP contribution in [0.5, 0.6) is 0 Å². The van der Waals surface area contributed by atoms with Gasteiger partial charge in [-0.05, 0) is 30.9 Å². The fourth-order valence-electron chi connectivity index (χ4n) is 4.46. The number of nitrogens with zero attached hydrogens (tertiary/aromatic N) is 6. The molecular formula is C26H28N8O2. The van der Waals surface area contributed by atoms with E-state index in [-0.39, 0.29) is 12.0 Å². The number of aromatic nitrogens is 5. The van der Waals surface area contributed by atoms with E-state index in [4.69, 9.17) is 0 Å². The molecule has 0 aliphatic carbocycles. The first kappa shape index (κ1) is 23.6. The molecule has 1 amide bonds. The van der Waals surface area contributed by atoms with E-state index in [1.165, 1.54) is 6.33 Å². The lowest BCUT2D eigenvalue weighted by molar-refractivity contribution is 0.0964. The maximum atomic E-state index is 12.2. The number of piperidine rings is 1. The van der Waals surface area contributed by atoms with Gasteiger partial charge in [0.15, 0.2) is 0 Å². The molecule has 1 aliphatic heterocycles. The standard InChI is InChI=1S/C26H28N8O2/c1-27-25(36)21-8-10-29-24-17(4-2-6-20(21)24)7-9-28-23-12-22(32-16-33-23)18-13-30-26(31-14-18)34-11-3-5-19(35)15-34/h2,4,6,8,10,12-14,16,19,35H,3,5,7,9,11,15H2,1H3,(H,27,36)(H,28,32,33). The number of carbonyl (C=O) groups is 1. The lowest BCUT2D eigenvalue weighted by Crippen LogP contribution is -2.39. The summed E-state index contributed by atoms with van der Waals surface area (Å²) in [5.74, 6) is 1.19. The fourth-order valence-corrected chi connectivity index (χ4v) is 4.46. The molecule has 1 aromatic carbocycles. The van der Waals surface area contributed by atoms with Crippen LogP contribution in [-0.2, 0) is 6.42 Å². The predicted octanol–water partition coefficient (Wildman–Crippen LogP) is 2.46. The van der Waals surface area contributed by atoms with Gasteiger partial charge in [-0.15, -0.1) is 0 Å². The van der Waals surface area contributed by atoms with Crippen molar-refractivity contribution in [2.45, 2.75) is 25.4 Å². The molecule has 1 saturated heterocycles. The smallest absolute Gasteiger partial charge is 0.251 e. The summed E-state index contributed by atoms with van der Waals surface area (Å²) in [6.07, 6.45) is 8.81. The minimum absolute atomic E-state index is 0.128. The number of β-amino-alcohol motifs (C(OH)–C–C–N with tert-alkyl or cyclic N) is 1. The molecule has 0 spiro atoms. The van der Waals surface area contributed by atoms with Crippen molar-refractivity contribution in [1.29, 1.82) is 0 Å². The van der Waals surface area contributed by atoms with Gasteiger partial charge in [-0.1, -0.05) is 18.2 Å². The monoisotopic (exact) mass is 484 g/mol. The van der Waals surface area contributed by atoms with Gasteiger partial charge in [0.25, 0.3) is 5.91 Å². The summed E-state index contributed by atoms with van der Waals surface area (Å²) in [5, 5.41) is 16.8. The lowest BCUT2D eigenvalue weighted by atomic mass is 10.0. The normalized spacial score (nSPS) is 15.6. The summed E-state index contributed by atoms with van der Waals surface area (Å²) in [4.78, 5) is 36.4. The Morgan fingerprint density at radius 2 is 2.00 bits per heavy atom. The highest BCUT2D eigenvalue weighted by Gasteiger charge is 2.20. The van der Waals surface area contributed by atoms with Crippen molar-refractivity contribution >= 4 is 28.6 Å². The van der Waals surface area contributed by atoms with Crippen LogP contribution in [0.15, 0.2) is 55.2 Å². The zero-order valence-electron chi connectivity index (χ0n) is 20.1. The molecule has 0 bridgehead atoms. The highest BCUT2D eigenvalue weighted by molar-refractivity contribution is 6.06. The molecule has 184 valence electrons. The molecule has 1 aliphatic rings. The summed E-state index contributed by atoms with van der Waals surface area (Å²) >= 11 is 0. The van der Waals surface area contributed by atoms with Crippen molar-refractivity contribution in [2.75, 3.05) is 36.9 Å².